The van der Waals surface area contributed by atoms with E-state index in [4.69, 9.17) is 14.7 Å². The average molecular weight is 328 g/mol. The van der Waals surface area contributed by atoms with Crippen LogP contribution in [0.3, 0.4) is 0 Å². The summed E-state index contributed by atoms with van der Waals surface area (Å²) in [5.74, 6) is -0.121. The Morgan fingerprint density at radius 2 is 2.00 bits per heavy atom. The fourth-order valence-corrected chi connectivity index (χ4v) is 1.99. The fraction of sp³-hybridized carbons (Fsp3) is 0.222. The van der Waals surface area contributed by atoms with Gasteiger partial charge in [0.2, 0.25) is 0 Å². The van der Waals surface area contributed by atoms with E-state index in [1.54, 1.807) is 38.1 Å². The number of nitrogens with zero attached hydrogens (tertiary/aromatic N) is 1. The van der Waals surface area contributed by atoms with Crippen molar-refractivity contribution in [1.29, 1.82) is 5.26 Å². The number of amides is 1. The summed E-state index contributed by atoms with van der Waals surface area (Å²) < 4.78 is 24.3. The van der Waals surface area contributed by atoms with E-state index in [9.17, 15) is 9.18 Å². The number of ether oxygens (including phenoxy) is 2. The van der Waals surface area contributed by atoms with Crippen LogP contribution in [0.1, 0.15) is 18.1 Å². The standard InChI is InChI=1S/C18H17FN2O3/c1-11-4-6-14(9-15(11)19)21-18(22)12(2)24-16-7-5-13(10-20)8-17(16)23-3/h4-9,12H,1-3H3,(H,21,22)/t12-/m1/s1. The van der Waals surface area contributed by atoms with Crippen LogP contribution in [0, 0.1) is 24.1 Å². The van der Waals surface area contributed by atoms with Crippen molar-refractivity contribution in [2.75, 3.05) is 12.4 Å². The molecule has 1 amide bonds. The van der Waals surface area contributed by atoms with Crippen LogP contribution in [-0.4, -0.2) is 19.1 Å². The van der Waals surface area contributed by atoms with Crippen molar-refractivity contribution >= 4 is 11.6 Å². The normalized spacial score (nSPS) is 11.3. The van der Waals surface area contributed by atoms with E-state index >= 15 is 0 Å². The molecule has 0 spiro atoms. The number of hydrogen-bond donors (Lipinski definition) is 1. The third-order valence-corrected chi connectivity index (χ3v) is 3.41. The van der Waals surface area contributed by atoms with Crippen LogP contribution in [0.2, 0.25) is 0 Å². The van der Waals surface area contributed by atoms with Crippen LogP contribution in [0.25, 0.3) is 0 Å². The van der Waals surface area contributed by atoms with E-state index in [-0.39, 0.29) is 0 Å². The molecular formula is C18H17FN2O3. The van der Waals surface area contributed by atoms with Crippen molar-refractivity contribution in [3.05, 3.63) is 53.3 Å². The largest absolute Gasteiger partial charge is 0.493 e. The minimum Gasteiger partial charge on any atom is -0.493 e. The molecule has 0 radical (unpaired) electrons. The number of halogens is 1. The number of nitrogens with one attached hydrogen (secondary N) is 1. The second-order valence-corrected chi connectivity index (χ2v) is 5.19. The Labute approximate surface area is 139 Å². The van der Waals surface area contributed by atoms with E-state index in [0.29, 0.717) is 28.3 Å². The highest BCUT2D eigenvalue weighted by Crippen LogP contribution is 2.29. The summed E-state index contributed by atoms with van der Waals surface area (Å²) in [7, 11) is 1.45. The van der Waals surface area contributed by atoms with E-state index in [2.05, 4.69) is 5.32 Å². The smallest absolute Gasteiger partial charge is 0.265 e. The zero-order valence-electron chi connectivity index (χ0n) is 13.6. The summed E-state index contributed by atoms with van der Waals surface area (Å²) in [6.45, 7) is 3.21. The molecule has 0 aliphatic carbocycles. The topological polar surface area (TPSA) is 71.3 Å². The molecular weight excluding hydrogens is 311 g/mol. The van der Waals surface area contributed by atoms with Crippen molar-refractivity contribution in [2.45, 2.75) is 20.0 Å². The number of aryl methyl sites for hydroxylation is 1. The van der Waals surface area contributed by atoms with Gasteiger partial charge < -0.3 is 14.8 Å². The highest BCUT2D eigenvalue weighted by atomic mass is 19.1. The number of nitriles is 1. The van der Waals surface area contributed by atoms with Gasteiger partial charge in [-0.15, -0.1) is 0 Å². The first-order valence-corrected chi connectivity index (χ1v) is 7.26. The first kappa shape index (κ1) is 17.3. The molecule has 0 aliphatic heterocycles. The maximum absolute atomic E-state index is 13.5. The van der Waals surface area contributed by atoms with Crippen molar-refractivity contribution in [3.8, 4) is 17.6 Å². The summed E-state index contributed by atoms with van der Waals surface area (Å²) in [6.07, 6.45) is -0.837. The lowest BCUT2D eigenvalue weighted by atomic mass is 10.2. The zero-order chi connectivity index (χ0) is 17.7. The quantitative estimate of drug-likeness (QED) is 0.913. The molecule has 2 aromatic rings. The Morgan fingerprint density at radius 3 is 2.62 bits per heavy atom. The average Bonchev–Trinajstić information content (AvgIpc) is 2.58. The summed E-state index contributed by atoms with van der Waals surface area (Å²) in [6, 6.07) is 11.1. The Bertz CT molecular complexity index is 799. The molecule has 24 heavy (non-hydrogen) atoms. The predicted octanol–water partition coefficient (Wildman–Crippen LogP) is 3.42. The minimum atomic E-state index is -0.837. The molecule has 124 valence electrons. The molecule has 0 saturated carbocycles. The van der Waals surface area contributed by atoms with Crippen molar-refractivity contribution < 1.29 is 18.7 Å². The van der Waals surface area contributed by atoms with Gasteiger partial charge in [0.1, 0.15) is 5.82 Å². The molecule has 0 bridgehead atoms. The summed E-state index contributed by atoms with van der Waals surface area (Å²) in [5, 5.41) is 11.5. The van der Waals surface area contributed by atoms with Crippen LogP contribution >= 0.6 is 0 Å². The molecule has 0 unspecified atom stereocenters. The van der Waals surface area contributed by atoms with Gasteiger partial charge in [-0.3, -0.25) is 4.79 Å². The van der Waals surface area contributed by atoms with Crippen LogP contribution in [0.4, 0.5) is 10.1 Å². The number of hydrogen-bond acceptors (Lipinski definition) is 4. The van der Waals surface area contributed by atoms with E-state index < -0.39 is 17.8 Å². The SMILES string of the molecule is COc1cc(C#N)ccc1O[C@H](C)C(=O)Nc1ccc(C)c(F)c1. The van der Waals surface area contributed by atoms with E-state index in [1.165, 1.54) is 19.2 Å². The van der Waals surface area contributed by atoms with Gasteiger partial charge >= 0.3 is 0 Å². The first-order chi connectivity index (χ1) is 11.4. The third-order valence-electron chi connectivity index (χ3n) is 3.41. The van der Waals surface area contributed by atoms with Crippen LogP contribution in [0.5, 0.6) is 11.5 Å². The molecule has 0 saturated heterocycles. The lowest BCUT2D eigenvalue weighted by Crippen LogP contribution is -2.30. The Morgan fingerprint density at radius 1 is 1.25 bits per heavy atom. The number of methoxy groups -OCH3 is 1. The highest BCUT2D eigenvalue weighted by Gasteiger charge is 2.17. The second-order valence-electron chi connectivity index (χ2n) is 5.19. The first-order valence-electron chi connectivity index (χ1n) is 7.26. The highest BCUT2D eigenvalue weighted by molar-refractivity contribution is 5.94. The molecule has 0 heterocycles. The van der Waals surface area contributed by atoms with Gasteiger partial charge in [-0.25, -0.2) is 4.39 Å². The van der Waals surface area contributed by atoms with Crippen LogP contribution in [-0.2, 0) is 4.79 Å². The maximum atomic E-state index is 13.5. The van der Waals surface area contributed by atoms with E-state index in [0.717, 1.165) is 0 Å². The summed E-state index contributed by atoms with van der Waals surface area (Å²) in [5.41, 5.74) is 1.27. The van der Waals surface area contributed by atoms with Gasteiger partial charge in [-0.1, -0.05) is 6.07 Å². The predicted molar refractivity (Wildman–Crippen MR) is 87.6 cm³/mol. The van der Waals surface area contributed by atoms with E-state index in [1.807, 2.05) is 6.07 Å². The lowest BCUT2D eigenvalue weighted by Gasteiger charge is -2.17. The van der Waals surface area contributed by atoms with Gasteiger partial charge in [0.25, 0.3) is 5.91 Å². The molecule has 1 N–H and O–H groups in total. The van der Waals surface area contributed by atoms with Crippen molar-refractivity contribution in [2.24, 2.45) is 0 Å². The molecule has 0 aromatic heterocycles. The molecule has 2 aromatic carbocycles. The maximum Gasteiger partial charge on any atom is 0.265 e. The third kappa shape index (κ3) is 4.02. The Kier molecular flexibility index (Phi) is 5.38. The van der Waals surface area contributed by atoms with Crippen LogP contribution in [0.15, 0.2) is 36.4 Å². The van der Waals surface area contributed by atoms with Gasteiger partial charge in [-0.2, -0.15) is 5.26 Å². The van der Waals surface area contributed by atoms with Crippen molar-refractivity contribution in [1.82, 2.24) is 0 Å². The number of carbonyl (C=O) groups is 1. The Hall–Kier alpha value is -3.07. The number of benzene rings is 2. The molecule has 1 atom stereocenters. The van der Waals surface area contributed by atoms with Gasteiger partial charge in [0.05, 0.1) is 18.7 Å². The van der Waals surface area contributed by atoms with Gasteiger partial charge in [-0.05, 0) is 43.7 Å². The van der Waals surface area contributed by atoms with Gasteiger partial charge in [0, 0.05) is 11.8 Å². The monoisotopic (exact) mass is 328 g/mol. The number of anilines is 1. The Balaban J connectivity index is 2.09. The number of carbonyl (C=O) groups excluding carboxylic acids is 1. The minimum absolute atomic E-state index is 0.342. The van der Waals surface area contributed by atoms with Crippen LogP contribution < -0.4 is 14.8 Å². The van der Waals surface area contributed by atoms with Crippen molar-refractivity contribution in [3.63, 3.8) is 0 Å². The molecule has 5 nitrogen and oxygen atoms in total. The van der Waals surface area contributed by atoms with Gasteiger partial charge in [0.15, 0.2) is 17.6 Å². The summed E-state index contributed by atoms with van der Waals surface area (Å²) >= 11 is 0. The second kappa shape index (κ2) is 7.47. The fourth-order valence-electron chi connectivity index (χ4n) is 1.99. The summed E-state index contributed by atoms with van der Waals surface area (Å²) in [4.78, 5) is 12.2. The number of rotatable bonds is 5. The lowest BCUT2D eigenvalue weighted by molar-refractivity contribution is -0.122. The molecule has 2 rings (SSSR count). The molecule has 0 aliphatic rings. The molecule has 6 heteroatoms. The molecule has 0 fully saturated rings. The zero-order valence-corrected chi connectivity index (χ0v) is 13.6.